The number of nitrogens with one attached hydrogen (secondary N) is 2. The molecule has 0 aliphatic carbocycles. The fourth-order valence-electron chi connectivity index (χ4n) is 4.57. The van der Waals surface area contributed by atoms with E-state index in [9.17, 15) is 8.42 Å². The molecule has 6 nitrogen and oxygen atoms in total. The zero-order valence-electron chi connectivity index (χ0n) is 20.2. The van der Waals surface area contributed by atoms with Crippen molar-refractivity contribution in [3.63, 3.8) is 0 Å². The zero-order chi connectivity index (χ0) is 25.7. The maximum Gasteiger partial charge on any atom is 0.261 e. The Morgan fingerprint density at radius 3 is 2.05 bits per heavy atom. The van der Waals surface area contributed by atoms with E-state index >= 15 is 0 Å². The minimum Gasteiger partial charge on any atom is -0.485 e. The summed E-state index contributed by atoms with van der Waals surface area (Å²) in [5.74, 6) is 1.09. The van der Waals surface area contributed by atoms with Crippen LogP contribution in [0.2, 0.25) is 0 Å². The number of hydrogen-bond donors (Lipinski definition) is 2. The molecule has 190 valence electrons. The second-order valence-corrected chi connectivity index (χ2v) is 11.7. The molecule has 1 saturated heterocycles. The lowest BCUT2D eigenvalue weighted by Gasteiger charge is -2.31. The van der Waals surface area contributed by atoms with Gasteiger partial charge >= 0.3 is 0 Å². The number of hydrogen-bond acceptors (Lipinski definition) is 5. The Bertz CT molecular complexity index is 1410. The van der Waals surface area contributed by atoms with Crippen molar-refractivity contribution in [1.82, 2.24) is 10.3 Å². The molecule has 1 unspecified atom stereocenters. The number of rotatable bonds is 8. The van der Waals surface area contributed by atoms with Crippen LogP contribution < -0.4 is 14.8 Å². The highest BCUT2D eigenvalue weighted by molar-refractivity contribution is 9.10. The maximum absolute atomic E-state index is 13.0. The fraction of sp³-hybridized carbons (Fsp3) is 0.207. The van der Waals surface area contributed by atoms with Crippen molar-refractivity contribution in [2.45, 2.75) is 23.8 Å². The third kappa shape index (κ3) is 6.39. The topological polar surface area (TPSA) is 80.3 Å². The second-order valence-electron chi connectivity index (χ2n) is 9.07. The number of benzene rings is 3. The Hall–Kier alpha value is -3.20. The van der Waals surface area contributed by atoms with Crippen LogP contribution in [0.4, 0.5) is 5.69 Å². The highest BCUT2D eigenvalue weighted by Gasteiger charge is 2.27. The Kier molecular flexibility index (Phi) is 7.88. The van der Waals surface area contributed by atoms with Crippen LogP contribution in [-0.4, -0.2) is 26.5 Å². The van der Waals surface area contributed by atoms with Gasteiger partial charge in [0.25, 0.3) is 10.0 Å². The van der Waals surface area contributed by atoms with Crippen LogP contribution in [0.3, 0.4) is 0 Å². The van der Waals surface area contributed by atoms with Gasteiger partial charge < -0.3 is 10.1 Å². The Balaban J connectivity index is 1.28. The number of ether oxygens (including phenoxy) is 1. The lowest BCUT2D eigenvalue weighted by molar-refractivity contribution is 0.112. The van der Waals surface area contributed by atoms with Gasteiger partial charge in [0.1, 0.15) is 11.9 Å². The molecule has 1 aliphatic rings. The molecule has 0 radical (unpaired) electrons. The standard InChI is InChI=1S/C29H28BrN3O3S/c30-25-5-1-21(2-6-25)22-3-11-28(12-4-22)37(34,35)33-26-7-9-27(10-8-26)36-29(23-13-17-31-18-14-23)24-15-19-32-20-16-24/h1-14,17-18,24,29,32-33H,15-16,19-20H2. The summed E-state index contributed by atoms with van der Waals surface area (Å²) in [4.78, 5) is 4.34. The smallest absolute Gasteiger partial charge is 0.261 e. The maximum atomic E-state index is 13.0. The van der Waals surface area contributed by atoms with Crippen molar-refractivity contribution < 1.29 is 13.2 Å². The number of aromatic nitrogens is 1. The predicted molar refractivity (Wildman–Crippen MR) is 150 cm³/mol. The van der Waals surface area contributed by atoms with Gasteiger partial charge in [0.05, 0.1) is 4.90 Å². The molecule has 0 amide bonds. The van der Waals surface area contributed by atoms with Crippen molar-refractivity contribution in [3.8, 4) is 16.9 Å². The number of halogens is 1. The first-order valence-corrected chi connectivity index (χ1v) is 14.5. The van der Waals surface area contributed by atoms with Gasteiger partial charge in [0.15, 0.2) is 0 Å². The molecule has 1 aliphatic heterocycles. The van der Waals surface area contributed by atoms with Crippen molar-refractivity contribution in [3.05, 3.63) is 107 Å². The van der Waals surface area contributed by atoms with Gasteiger partial charge in [-0.25, -0.2) is 8.42 Å². The van der Waals surface area contributed by atoms with Crippen LogP contribution in [-0.2, 0) is 10.0 Å². The van der Waals surface area contributed by atoms with E-state index in [1.807, 2.05) is 60.7 Å². The molecule has 0 spiro atoms. The molecule has 8 heteroatoms. The van der Waals surface area contributed by atoms with Crippen LogP contribution in [0.15, 0.2) is 107 Å². The van der Waals surface area contributed by atoms with E-state index in [1.54, 1.807) is 36.7 Å². The molecular formula is C29H28BrN3O3S. The largest absolute Gasteiger partial charge is 0.485 e. The number of pyridine rings is 1. The highest BCUT2D eigenvalue weighted by atomic mass is 79.9. The van der Waals surface area contributed by atoms with Crippen LogP contribution in [0, 0.1) is 5.92 Å². The summed E-state index contributed by atoms with van der Waals surface area (Å²) < 4.78 is 36.1. The van der Waals surface area contributed by atoms with E-state index in [1.165, 1.54) is 0 Å². The summed E-state index contributed by atoms with van der Waals surface area (Å²) in [6, 6.07) is 25.8. The van der Waals surface area contributed by atoms with Gasteiger partial charge in [0, 0.05) is 28.5 Å². The van der Waals surface area contributed by atoms with Crippen molar-refractivity contribution in [2.24, 2.45) is 5.92 Å². The molecule has 3 aromatic carbocycles. The van der Waals surface area contributed by atoms with E-state index in [0.717, 1.165) is 47.1 Å². The van der Waals surface area contributed by atoms with Gasteiger partial charge in [-0.2, -0.15) is 0 Å². The molecular weight excluding hydrogens is 550 g/mol. The van der Waals surface area contributed by atoms with E-state index in [-0.39, 0.29) is 11.0 Å². The molecule has 4 aromatic rings. The summed E-state index contributed by atoms with van der Waals surface area (Å²) in [5, 5.41) is 3.41. The Labute approximate surface area is 226 Å². The van der Waals surface area contributed by atoms with Crippen LogP contribution in [0.5, 0.6) is 5.75 Å². The first-order chi connectivity index (χ1) is 18.0. The lowest BCUT2D eigenvalue weighted by Crippen LogP contribution is -2.32. The number of sulfonamides is 1. The van der Waals surface area contributed by atoms with E-state index in [4.69, 9.17) is 4.74 Å². The first kappa shape index (κ1) is 25.4. The monoisotopic (exact) mass is 577 g/mol. The summed E-state index contributed by atoms with van der Waals surface area (Å²) in [6.45, 7) is 1.95. The van der Waals surface area contributed by atoms with Gasteiger partial charge in [-0.3, -0.25) is 9.71 Å². The molecule has 1 aromatic heterocycles. The van der Waals surface area contributed by atoms with Gasteiger partial charge in [0.2, 0.25) is 0 Å². The second kappa shape index (κ2) is 11.5. The molecule has 2 heterocycles. The average molecular weight is 579 g/mol. The van der Waals surface area contributed by atoms with Crippen LogP contribution >= 0.6 is 15.9 Å². The van der Waals surface area contributed by atoms with E-state index in [0.29, 0.717) is 17.4 Å². The Morgan fingerprint density at radius 1 is 0.838 bits per heavy atom. The predicted octanol–water partition coefficient (Wildman–Crippen LogP) is 6.43. The number of anilines is 1. The van der Waals surface area contributed by atoms with Gasteiger partial charge in [-0.15, -0.1) is 0 Å². The molecule has 0 bridgehead atoms. The lowest BCUT2D eigenvalue weighted by atomic mass is 9.88. The summed E-state index contributed by atoms with van der Waals surface area (Å²) in [7, 11) is -3.73. The quantitative estimate of drug-likeness (QED) is 0.252. The number of piperidine rings is 1. The van der Waals surface area contributed by atoms with E-state index in [2.05, 4.69) is 31.0 Å². The highest BCUT2D eigenvalue weighted by Crippen LogP contribution is 2.34. The minimum absolute atomic E-state index is 0.0862. The average Bonchev–Trinajstić information content (AvgIpc) is 2.94. The van der Waals surface area contributed by atoms with Crippen LogP contribution in [0.1, 0.15) is 24.5 Å². The van der Waals surface area contributed by atoms with Crippen molar-refractivity contribution >= 4 is 31.6 Å². The Morgan fingerprint density at radius 2 is 1.43 bits per heavy atom. The number of nitrogens with zero attached hydrogens (tertiary/aromatic N) is 1. The normalized spacial score (nSPS) is 15.2. The molecule has 1 fully saturated rings. The summed E-state index contributed by atoms with van der Waals surface area (Å²) >= 11 is 3.43. The fourth-order valence-corrected chi connectivity index (χ4v) is 5.89. The summed E-state index contributed by atoms with van der Waals surface area (Å²) in [5.41, 5.74) is 3.54. The van der Waals surface area contributed by atoms with Gasteiger partial charge in [-0.05, 0) is 103 Å². The third-order valence-corrected chi connectivity index (χ3v) is 8.48. The van der Waals surface area contributed by atoms with Crippen molar-refractivity contribution in [2.75, 3.05) is 17.8 Å². The molecule has 2 N–H and O–H groups in total. The molecule has 37 heavy (non-hydrogen) atoms. The summed E-state index contributed by atoms with van der Waals surface area (Å²) in [6.07, 6.45) is 5.56. The SMILES string of the molecule is O=S(=O)(Nc1ccc(OC(c2ccncc2)C2CCNCC2)cc1)c1ccc(-c2ccc(Br)cc2)cc1. The van der Waals surface area contributed by atoms with E-state index < -0.39 is 10.0 Å². The minimum atomic E-state index is -3.73. The van der Waals surface area contributed by atoms with Crippen molar-refractivity contribution in [1.29, 1.82) is 0 Å². The molecule has 1 atom stereocenters. The first-order valence-electron chi connectivity index (χ1n) is 12.2. The molecule has 5 rings (SSSR count). The zero-order valence-corrected chi connectivity index (χ0v) is 22.6. The van der Waals surface area contributed by atoms with Crippen LogP contribution in [0.25, 0.3) is 11.1 Å². The van der Waals surface area contributed by atoms with Gasteiger partial charge in [-0.1, -0.05) is 40.2 Å². The molecule has 0 saturated carbocycles. The third-order valence-electron chi connectivity index (χ3n) is 6.56.